The summed E-state index contributed by atoms with van der Waals surface area (Å²) in [7, 11) is 1.87. The van der Waals surface area contributed by atoms with Crippen molar-refractivity contribution in [2.24, 2.45) is 0 Å². The van der Waals surface area contributed by atoms with E-state index >= 15 is 0 Å². The van der Waals surface area contributed by atoms with Crippen LogP contribution in [0.15, 0.2) is 102 Å². The lowest BCUT2D eigenvalue weighted by molar-refractivity contribution is -0.131. The number of thioether (sulfide) groups is 1. The molecule has 31 heavy (non-hydrogen) atoms. The van der Waals surface area contributed by atoms with E-state index in [4.69, 9.17) is 0 Å². The van der Waals surface area contributed by atoms with E-state index in [0.29, 0.717) is 0 Å². The summed E-state index contributed by atoms with van der Waals surface area (Å²) in [6, 6.07) is 28.0. The van der Waals surface area contributed by atoms with Gasteiger partial charge in [-0.3, -0.25) is 4.79 Å². The molecule has 0 aliphatic rings. The van der Waals surface area contributed by atoms with Crippen LogP contribution in [0.25, 0.3) is 5.69 Å². The first-order chi connectivity index (χ1) is 15.1. The number of hydrogen-bond acceptors (Lipinski definition) is 4. The fourth-order valence-corrected chi connectivity index (χ4v) is 4.52. The molecule has 0 aliphatic carbocycles. The number of amides is 1. The third kappa shape index (κ3) is 4.86. The molecule has 0 N–H and O–H groups in total. The summed E-state index contributed by atoms with van der Waals surface area (Å²) in [5.41, 5.74) is 3.00. The smallest absolute Gasteiger partial charge is 0.240 e. The van der Waals surface area contributed by atoms with E-state index in [2.05, 4.69) is 17.0 Å². The van der Waals surface area contributed by atoms with Crippen LogP contribution in [0.4, 0.5) is 0 Å². The van der Waals surface area contributed by atoms with Crippen LogP contribution in [0.1, 0.15) is 29.3 Å². The molecule has 4 rings (SSSR count). The van der Waals surface area contributed by atoms with Crippen LogP contribution < -0.4 is 0 Å². The van der Waals surface area contributed by atoms with Crippen molar-refractivity contribution in [1.82, 2.24) is 19.7 Å². The fourth-order valence-electron chi connectivity index (χ4n) is 3.37. The van der Waals surface area contributed by atoms with Crippen molar-refractivity contribution >= 4 is 17.7 Å². The van der Waals surface area contributed by atoms with Gasteiger partial charge in [0.25, 0.3) is 0 Å². The topological polar surface area (TPSA) is 51.0 Å². The van der Waals surface area contributed by atoms with E-state index in [9.17, 15) is 4.79 Å². The van der Waals surface area contributed by atoms with Gasteiger partial charge in [0.1, 0.15) is 17.9 Å². The summed E-state index contributed by atoms with van der Waals surface area (Å²) in [6.07, 6.45) is 3.18. The summed E-state index contributed by atoms with van der Waals surface area (Å²) >= 11 is 1.58. The first-order valence-electron chi connectivity index (χ1n) is 10.1. The molecule has 1 aromatic heterocycles. The Bertz CT molecular complexity index is 1100. The molecule has 6 heteroatoms. The first-order valence-corrected chi connectivity index (χ1v) is 11.0. The molecule has 0 spiro atoms. The van der Waals surface area contributed by atoms with Crippen molar-refractivity contribution in [1.29, 1.82) is 0 Å². The molecular weight excluding hydrogens is 404 g/mol. The zero-order valence-corrected chi connectivity index (χ0v) is 18.3. The standard InChI is InChI=1S/C25H24N4OS/c1-19(20-13-15-22(16-14-20)29-18-26-17-27-29)28(2)25(30)24(21-9-5-3-6-10-21)31-23-11-7-4-8-12-23/h3-19,24H,1-2H3/t19-,24-/m1/s1. The molecule has 2 atom stereocenters. The van der Waals surface area contributed by atoms with Crippen LogP contribution in [0.2, 0.25) is 0 Å². The van der Waals surface area contributed by atoms with Gasteiger partial charge in [0.2, 0.25) is 5.91 Å². The molecule has 0 fully saturated rings. The van der Waals surface area contributed by atoms with E-state index in [1.807, 2.05) is 96.9 Å². The second kappa shape index (κ2) is 9.62. The summed E-state index contributed by atoms with van der Waals surface area (Å²) in [5.74, 6) is 0.0768. The number of rotatable bonds is 7. The van der Waals surface area contributed by atoms with Gasteiger partial charge in [0, 0.05) is 11.9 Å². The zero-order valence-electron chi connectivity index (χ0n) is 17.5. The maximum atomic E-state index is 13.6. The Morgan fingerprint density at radius 1 is 0.903 bits per heavy atom. The van der Waals surface area contributed by atoms with Crippen LogP contribution in [0.5, 0.6) is 0 Å². The largest absolute Gasteiger partial charge is 0.338 e. The molecule has 4 aromatic rings. The number of carbonyl (C=O) groups is 1. The predicted octanol–water partition coefficient (Wildman–Crippen LogP) is 5.32. The molecule has 5 nitrogen and oxygen atoms in total. The molecule has 1 amide bonds. The highest BCUT2D eigenvalue weighted by molar-refractivity contribution is 8.00. The average Bonchev–Trinajstić information content (AvgIpc) is 3.37. The van der Waals surface area contributed by atoms with Crippen molar-refractivity contribution in [3.63, 3.8) is 0 Å². The van der Waals surface area contributed by atoms with E-state index in [1.165, 1.54) is 6.33 Å². The second-order valence-corrected chi connectivity index (χ2v) is 8.46. The highest BCUT2D eigenvalue weighted by Gasteiger charge is 2.28. The Balaban J connectivity index is 1.55. The minimum atomic E-state index is -0.314. The molecule has 0 saturated heterocycles. The molecule has 0 aliphatic heterocycles. The van der Waals surface area contributed by atoms with Gasteiger partial charge in [-0.05, 0) is 42.3 Å². The molecule has 0 radical (unpaired) electrons. The minimum absolute atomic E-state index is 0.0696. The maximum Gasteiger partial charge on any atom is 0.240 e. The Kier molecular flexibility index (Phi) is 6.48. The van der Waals surface area contributed by atoms with Gasteiger partial charge in [-0.15, -0.1) is 11.8 Å². The lowest BCUT2D eigenvalue weighted by atomic mass is 10.1. The quantitative estimate of drug-likeness (QED) is 0.374. The monoisotopic (exact) mass is 428 g/mol. The molecule has 0 unspecified atom stereocenters. The molecule has 1 heterocycles. The SMILES string of the molecule is C[C@H](c1ccc(-n2cncn2)cc1)N(C)C(=O)[C@H](Sc1ccccc1)c1ccccc1. The van der Waals surface area contributed by atoms with E-state index < -0.39 is 0 Å². The van der Waals surface area contributed by atoms with Crippen molar-refractivity contribution in [3.05, 3.63) is 109 Å². The van der Waals surface area contributed by atoms with Crippen LogP contribution >= 0.6 is 11.8 Å². The lowest BCUT2D eigenvalue weighted by Crippen LogP contribution is -2.33. The number of likely N-dealkylation sites (N-methyl/N-ethyl adjacent to an activating group) is 1. The van der Waals surface area contributed by atoms with Gasteiger partial charge >= 0.3 is 0 Å². The highest BCUT2D eigenvalue weighted by atomic mass is 32.2. The highest BCUT2D eigenvalue weighted by Crippen LogP contribution is 2.38. The van der Waals surface area contributed by atoms with Crippen LogP contribution in [0.3, 0.4) is 0 Å². The fraction of sp³-hybridized carbons (Fsp3) is 0.160. The van der Waals surface area contributed by atoms with Crippen molar-refractivity contribution in [3.8, 4) is 5.69 Å². The molecule has 0 saturated carbocycles. The van der Waals surface area contributed by atoms with Crippen LogP contribution in [0, 0.1) is 0 Å². The lowest BCUT2D eigenvalue weighted by Gasteiger charge is -2.29. The van der Waals surface area contributed by atoms with Gasteiger partial charge in [-0.1, -0.05) is 60.7 Å². The summed E-state index contributed by atoms with van der Waals surface area (Å²) in [4.78, 5) is 20.5. The Morgan fingerprint density at radius 3 is 2.16 bits per heavy atom. The van der Waals surface area contributed by atoms with Gasteiger partial charge in [-0.25, -0.2) is 9.67 Å². The normalized spacial score (nSPS) is 12.8. The number of nitrogens with zero attached hydrogens (tertiary/aromatic N) is 4. The zero-order chi connectivity index (χ0) is 21.6. The number of hydrogen-bond donors (Lipinski definition) is 0. The third-order valence-corrected chi connectivity index (χ3v) is 6.56. The molecule has 0 bridgehead atoms. The van der Waals surface area contributed by atoms with Crippen LogP contribution in [-0.2, 0) is 4.79 Å². The number of carbonyl (C=O) groups excluding carboxylic acids is 1. The Morgan fingerprint density at radius 2 is 1.55 bits per heavy atom. The summed E-state index contributed by atoms with van der Waals surface area (Å²) in [5, 5.41) is 3.84. The van der Waals surface area contributed by atoms with E-state index in [1.54, 1.807) is 22.8 Å². The van der Waals surface area contributed by atoms with Crippen molar-refractivity contribution < 1.29 is 4.79 Å². The molecule has 156 valence electrons. The van der Waals surface area contributed by atoms with Gasteiger partial charge < -0.3 is 4.90 Å². The van der Waals surface area contributed by atoms with Gasteiger partial charge in [0.15, 0.2) is 0 Å². The second-order valence-electron chi connectivity index (χ2n) is 7.28. The first kappa shape index (κ1) is 20.9. The van der Waals surface area contributed by atoms with Crippen LogP contribution in [-0.4, -0.2) is 32.6 Å². The van der Waals surface area contributed by atoms with E-state index in [-0.39, 0.29) is 17.2 Å². The number of aromatic nitrogens is 3. The maximum absolute atomic E-state index is 13.6. The van der Waals surface area contributed by atoms with Gasteiger partial charge in [0.05, 0.1) is 11.7 Å². The molecule has 3 aromatic carbocycles. The minimum Gasteiger partial charge on any atom is -0.338 e. The Hall–Kier alpha value is -3.38. The summed E-state index contributed by atoms with van der Waals surface area (Å²) < 4.78 is 1.71. The third-order valence-electron chi connectivity index (χ3n) is 5.31. The van der Waals surface area contributed by atoms with E-state index in [0.717, 1.165) is 21.7 Å². The number of benzene rings is 3. The van der Waals surface area contributed by atoms with Crippen molar-refractivity contribution in [2.75, 3.05) is 7.05 Å². The predicted molar refractivity (Wildman–Crippen MR) is 124 cm³/mol. The Labute approximate surface area is 186 Å². The van der Waals surface area contributed by atoms with Crippen molar-refractivity contribution in [2.45, 2.75) is 23.1 Å². The summed E-state index contributed by atoms with van der Waals surface area (Å²) in [6.45, 7) is 2.05. The average molecular weight is 429 g/mol. The molecular formula is C25H24N4OS. The van der Waals surface area contributed by atoms with Gasteiger partial charge in [-0.2, -0.15) is 5.10 Å².